The van der Waals surface area contributed by atoms with E-state index in [2.05, 4.69) is 16.3 Å². The Hall–Kier alpha value is -2.48. The van der Waals surface area contributed by atoms with Gasteiger partial charge in [0, 0.05) is 31.6 Å². The molecule has 1 atom stereocenters. The van der Waals surface area contributed by atoms with Gasteiger partial charge in [-0.3, -0.25) is 9.69 Å². The van der Waals surface area contributed by atoms with Gasteiger partial charge in [-0.1, -0.05) is 6.07 Å². The maximum Gasteiger partial charge on any atom is 0.409 e. The molecule has 1 saturated carbocycles. The molecule has 0 bridgehead atoms. The summed E-state index contributed by atoms with van der Waals surface area (Å²) in [5.41, 5.74) is 1.40. The molecular weight excluding hydrogens is 422 g/mol. The third kappa shape index (κ3) is 5.37. The zero-order valence-electron chi connectivity index (χ0n) is 20.1. The summed E-state index contributed by atoms with van der Waals surface area (Å²) in [7, 11) is 3.31. The number of amides is 2. The molecule has 33 heavy (non-hydrogen) atoms. The van der Waals surface area contributed by atoms with Crippen molar-refractivity contribution < 1.29 is 23.8 Å². The highest BCUT2D eigenvalue weighted by atomic mass is 16.6. The number of carbonyl (C=O) groups excluding carboxylic acids is 2. The lowest BCUT2D eigenvalue weighted by Gasteiger charge is -2.34. The first-order valence-corrected chi connectivity index (χ1v) is 12.1. The Balaban J connectivity index is 1.21. The highest BCUT2D eigenvalue weighted by Crippen LogP contribution is 2.59. The fraction of sp³-hybridized carbons (Fsp3) is 0.680. The van der Waals surface area contributed by atoms with Crippen LogP contribution in [0.15, 0.2) is 18.2 Å². The number of rotatable bonds is 7. The molecule has 8 heteroatoms. The predicted molar refractivity (Wildman–Crippen MR) is 124 cm³/mol. The van der Waals surface area contributed by atoms with Crippen LogP contribution in [0.1, 0.15) is 44.6 Å². The number of hydrogen-bond donors (Lipinski definition) is 1. The van der Waals surface area contributed by atoms with Gasteiger partial charge < -0.3 is 24.4 Å². The Kier molecular flexibility index (Phi) is 7.32. The van der Waals surface area contributed by atoms with Crippen molar-refractivity contribution in [3.05, 3.63) is 23.8 Å². The van der Waals surface area contributed by atoms with Gasteiger partial charge in [-0.05, 0) is 75.2 Å². The average Bonchev–Trinajstić information content (AvgIpc) is 3.54. The van der Waals surface area contributed by atoms with Crippen LogP contribution in [-0.4, -0.2) is 74.8 Å². The molecule has 3 fully saturated rings. The SMILES string of the molecule is CCOC(=O)N1CCC(NC(=O)[C@@H]2CC23CCN(Cc2ccc(OC)c(OC)c2)CC3)CC1. The zero-order valence-corrected chi connectivity index (χ0v) is 20.1. The second kappa shape index (κ2) is 10.2. The predicted octanol–water partition coefficient (Wildman–Crippen LogP) is 3.04. The molecule has 2 saturated heterocycles. The minimum Gasteiger partial charge on any atom is -0.493 e. The highest BCUT2D eigenvalue weighted by molar-refractivity contribution is 5.83. The first-order valence-electron chi connectivity index (χ1n) is 12.1. The molecule has 0 aromatic heterocycles. The van der Waals surface area contributed by atoms with E-state index in [1.54, 1.807) is 19.1 Å². The maximum absolute atomic E-state index is 12.9. The summed E-state index contributed by atoms with van der Waals surface area (Å²) in [5, 5.41) is 3.26. The number of nitrogens with one attached hydrogen (secondary N) is 1. The lowest BCUT2D eigenvalue weighted by molar-refractivity contribution is -0.124. The van der Waals surface area contributed by atoms with Crippen LogP contribution in [0.3, 0.4) is 0 Å². The van der Waals surface area contributed by atoms with Crippen molar-refractivity contribution in [1.82, 2.24) is 15.1 Å². The molecule has 1 aromatic rings. The summed E-state index contributed by atoms with van der Waals surface area (Å²) in [6, 6.07) is 6.25. The van der Waals surface area contributed by atoms with Gasteiger partial charge in [-0.25, -0.2) is 4.79 Å². The van der Waals surface area contributed by atoms with Crippen molar-refractivity contribution in [3.63, 3.8) is 0 Å². The van der Waals surface area contributed by atoms with E-state index in [9.17, 15) is 9.59 Å². The number of carbonyl (C=O) groups is 2. The van der Waals surface area contributed by atoms with Gasteiger partial charge in [0.25, 0.3) is 0 Å². The number of methoxy groups -OCH3 is 2. The standard InChI is InChI=1S/C25H37N3O5/c1-4-33-24(30)28-11-7-19(8-12-28)26-23(29)20-16-25(20)9-13-27(14-10-25)17-18-5-6-21(31-2)22(15-18)32-3/h5-6,15,19-20H,4,7-14,16-17H2,1-3H3,(H,26,29)/t20-/m0/s1. The van der Waals surface area contributed by atoms with E-state index in [-0.39, 0.29) is 29.4 Å². The first kappa shape index (κ1) is 23.7. The van der Waals surface area contributed by atoms with E-state index in [1.807, 2.05) is 19.1 Å². The third-order valence-corrected chi connectivity index (χ3v) is 7.58. The fourth-order valence-electron chi connectivity index (χ4n) is 5.39. The molecule has 182 valence electrons. The van der Waals surface area contributed by atoms with E-state index < -0.39 is 0 Å². The van der Waals surface area contributed by atoms with Crippen LogP contribution in [0.4, 0.5) is 4.79 Å². The summed E-state index contributed by atoms with van der Waals surface area (Å²) in [6.07, 6.45) is 4.49. The largest absolute Gasteiger partial charge is 0.493 e. The summed E-state index contributed by atoms with van der Waals surface area (Å²) in [6.45, 7) is 6.40. The molecule has 3 aliphatic rings. The third-order valence-electron chi connectivity index (χ3n) is 7.58. The number of hydrogen-bond acceptors (Lipinski definition) is 6. The van der Waals surface area contributed by atoms with Gasteiger partial charge in [-0.15, -0.1) is 0 Å². The van der Waals surface area contributed by atoms with Gasteiger partial charge in [0.1, 0.15) is 0 Å². The fourth-order valence-corrected chi connectivity index (χ4v) is 5.39. The van der Waals surface area contributed by atoms with E-state index in [1.165, 1.54) is 5.56 Å². The maximum atomic E-state index is 12.9. The Morgan fingerprint density at radius 3 is 2.39 bits per heavy atom. The Morgan fingerprint density at radius 1 is 1.06 bits per heavy atom. The normalized spacial score (nSPS) is 22.6. The highest BCUT2D eigenvalue weighted by Gasteiger charge is 2.58. The first-order chi connectivity index (χ1) is 16.0. The van der Waals surface area contributed by atoms with E-state index in [0.29, 0.717) is 19.7 Å². The molecule has 0 unspecified atom stereocenters. The van der Waals surface area contributed by atoms with Crippen molar-refractivity contribution in [3.8, 4) is 11.5 Å². The van der Waals surface area contributed by atoms with Crippen molar-refractivity contribution in [2.24, 2.45) is 11.3 Å². The molecule has 0 radical (unpaired) electrons. The second-order valence-corrected chi connectivity index (χ2v) is 9.55. The van der Waals surface area contributed by atoms with Crippen molar-refractivity contribution in [2.75, 3.05) is 47.0 Å². The van der Waals surface area contributed by atoms with Crippen LogP contribution in [0, 0.1) is 11.3 Å². The van der Waals surface area contributed by atoms with Gasteiger partial charge in [0.2, 0.25) is 5.91 Å². The Bertz CT molecular complexity index is 844. The molecule has 1 aliphatic carbocycles. The minimum absolute atomic E-state index is 0.142. The van der Waals surface area contributed by atoms with Crippen LogP contribution < -0.4 is 14.8 Å². The van der Waals surface area contributed by atoms with Gasteiger partial charge in [0.05, 0.1) is 20.8 Å². The molecule has 4 rings (SSSR count). The molecular formula is C25H37N3O5. The van der Waals surface area contributed by atoms with E-state index in [0.717, 1.165) is 63.2 Å². The minimum atomic E-state index is -0.247. The summed E-state index contributed by atoms with van der Waals surface area (Å²) < 4.78 is 15.8. The smallest absolute Gasteiger partial charge is 0.409 e. The van der Waals surface area contributed by atoms with E-state index >= 15 is 0 Å². The average molecular weight is 460 g/mol. The van der Waals surface area contributed by atoms with Crippen LogP contribution in [0.5, 0.6) is 11.5 Å². The quantitative estimate of drug-likeness (QED) is 0.675. The lowest BCUT2D eigenvalue weighted by atomic mass is 9.90. The monoisotopic (exact) mass is 459 g/mol. The van der Waals surface area contributed by atoms with Crippen molar-refractivity contribution in [2.45, 2.75) is 51.6 Å². The van der Waals surface area contributed by atoms with Crippen molar-refractivity contribution in [1.29, 1.82) is 0 Å². The van der Waals surface area contributed by atoms with Gasteiger partial charge in [-0.2, -0.15) is 0 Å². The second-order valence-electron chi connectivity index (χ2n) is 9.55. The van der Waals surface area contributed by atoms with Crippen LogP contribution in [0.25, 0.3) is 0 Å². The van der Waals surface area contributed by atoms with Crippen LogP contribution in [0.2, 0.25) is 0 Å². The van der Waals surface area contributed by atoms with Gasteiger partial charge in [0.15, 0.2) is 11.5 Å². The number of ether oxygens (including phenoxy) is 3. The molecule has 2 aliphatic heterocycles. The number of likely N-dealkylation sites (tertiary alicyclic amines) is 2. The summed E-state index contributed by atoms with van der Waals surface area (Å²) in [4.78, 5) is 29.0. The zero-order chi connectivity index (χ0) is 23.4. The molecule has 2 heterocycles. The summed E-state index contributed by atoms with van der Waals surface area (Å²) in [5.74, 6) is 1.86. The number of nitrogens with zero attached hydrogens (tertiary/aromatic N) is 2. The number of piperidine rings is 2. The Morgan fingerprint density at radius 2 is 1.76 bits per heavy atom. The molecule has 2 amide bonds. The molecule has 1 aromatic carbocycles. The number of benzene rings is 1. The van der Waals surface area contributed by atoms with E-state index in [4.69, 9.17) is 14.2 Å². The summed E-state index contributed by atoms with van der Waals surface area (Å²) >= 11 is 0. The van der Waals surface area contributed by atoms with Gasteiger partial charge >= 0.3 is 6.09 Å². The Labute approximate surface area is 196 Å². The van der Waals surface area contributed by atoms with Crippen molar-refractivity contribution >= 4 is 12.0 Å². The molecule has 1 N–H and O–H groups in total. The molecule has 8 nitrogen and oxygen atoms in total. The topological polar surface area (TPSA) is 80.3 Å². The van der Waals surface area contributed by atoms with Crippen LogP contribution in [-0.2, 0) is 16.1 Å². The molecule has 1 spiro atoms. The van der Waals surface area contributed by atoms with Crippen LogP contribution >= 0.6 is 0 Å². The lowest BCUT2D eigenvalue weighted by Crippen LogP contribution is -2.47.